The Morgan fingerprint density at radius 1 is 1.16 bits per heavy atom. The summed E-state index contributed by atoms with van der Waals surface area (Å²) in [6.07, 6.45) is 1.75. The summed E-state index contributed by atoms with van der Waals surface area (Å²) in [5.41, 5.74) is 1.03. The maximum absolute atomic E-state index is 12.5. The molecule has 6 nitrogen and oxygen atoms in total. The summed E-state index contributed by atoms with van der Waals surface area (Å²) in [6.45, 7) is 1.32. The van der Waals surface area contributed by atoms with Crippen molar-refractivity contribution in [2.75, 3.05) is 13.1 Å². The first-order chi connectivity index (χ1) is 12.1. The Kier molecular flexibility index (Phi) is 4.22. The van der Waals surface area contributed by atoms with E-state index in [2.05, 4.69) is 6.07 Å². The van der Waals surface area contributed by atoms with Crippen molar-refractivity contribution in [1.82, 2.24) is 9.88 Å². The van der Waals surface area contributed by atoms with Crippen LogP contribution < -0.4 is 0 Å². The fourth-order valence-electron chi connectivity index (χ4n) is 3.09. The van der Waals surface area contributed by atoms with Gasteiger partial charge in [-0.1, -0.05) is 23.5 Å². The average Bonchev–Trinajstić information content (AvgIpc) is 3.28. The minimum Gasteiger partial charge on any atom is -0.338 e. The van der Waals surface area contributed by atoms with Crippen LogP contribution >= 0.6 is 22.7 Å². The standard InChI is InChI=1S/C17H15N3O3S2/c21-17(14-5-6-15(24-14)20(22)23)19-9-7-11(8-10-19)16-18-12-3-1-2-4-13(12)25-16/h1-6,11H,7-10H2. The molecule has 0 bridgehead atoms. The first-order valence-corrected chi connectivity index (χ1v) is 9.64. The van der Waals surface area contributed by atoms with Crippen molar-refractivity contribution in [3.05, 3.63) is 56.4 Å². The smallest absolute Gasteiger partial charge is 0.324 e. The van der Waals surface area contributed by atoms with E-state index in [0.29, 0.717) is 23.9 Å². The van der Waals surface area contributed by atoms with Crippen LogP contribution in [0.2, 0.25) is 0 Å². The molecule has 0 radical (unpaired) electrons. The van der Waals surface area contributed by atoms with Gasteiger partial charge in [0.1, 0.15) is 0 Å². The summed E-state index contributed by atoms with van der Waals surface area (Å²) in [5, 5.41) is 11.9. The third kappa shape index (κ3) is 3.14. The van der Waals surface area contributed by atoms with Crippen molar-refractivity contribution in [3.63, 3.8) is 0 Å². The van der Waals surface area contributed by atoms with E-state index in [0.717, 1.165) is 34.7 Å². The van der Waals surface area contributed by atoms with Gasteiger partial charge < -0.3 is 4.90 Å². The van der Waals surface area contributed by atoms with Crippen LogP contribution in [0, 0.1) is 10.1 Å². The number of para-hydroxylation sites is 1. The van der Waals surface area contributed by atoms with Crippen molar-refractivity contribution in [1.29, 1.82) is 0 Å². The number of thiophene rings is 1. The molecule has 0 atom stereocenters. The Labute approximate surface area is 151 Å². The average molecular weight is 373 g/mol. The molecule has 1 aromatic carbocycles. The van der Waals surface area contributed by atoms with E-state index in [1.54, 1.807) is 22.3 Å². The molecule has 4 rings (SSSR count). The molecule has 3 aromatic rings. The second-order valence-corrected chi connectivity index (χ2v) is 8.11. The quantitative estimate of drug-likeness (QED) is 0.507. The van der Waals surface area contributed by atoms with E-state index in [4.69, 9.17) is 4.98 Å². The molecule has 2 aromatic heterocycles. The highest BCUT2D eigenvalue weighted by atomic mass is 32.1. The molecule has 1 amide bonds. The fraction of sp³-hybridized carbons (Fsp3) is 0.294. The van der Waals surface area contributed by atoms with Crippen molar-refractivity contribution >= 4 is 43.8 Å². The zero-order valence-corrected chi connectivity index (χ0v) is 14.9. The fourth-order valence-corrected chi connectivity index (χ4v) is 5.02. The molecule has 0 aliphatic carbocycles. The number of piperidine rings is 1. The number of fused-ring (bicyclic) bond motifs is 1. The van der Waals surface area contributed by atoms with Crippen LogP contribution in [-0.2, 0) is 0 Å². The highest BCUT2D eigenvalue weighted by Gasteiger charge is 2.28. The van der Waals surface area contributed by atoms with E-state index >= 15 is 0 Å². The van der Waals surface area contributed by atoms with Gasteiger partial charge in [0.25, 0.3) is 5.91 Å². The van der Waals surface area contributed by atoms with Gasteiger partial charge in [-0.15, -0.1) is 11.3 Å². The van der Waals surface area contributed by atoms with Gasteiger partial charge in [0.2, 0.25) is 0 Å². The van der Waals surface area contributed by atoms with Crippen LogP contribution in [0.15, 0.2) is 36.4 Å². The highest BCUT2D eigenvalue weighted by molar-refractivity contribution is 7.18. The van der Waals surface area contributed by atoms with Crippen LogP contribution in [0.3, 0.4) is 0 Å². The lowest BCUT2D eigenvalue weighted by molar-refractivity contribution is -0.380. The van der Waals surface area contributed by atoms with Crippen LogP contribution in [0.5, 0.6) is 0 Å². The summed E-state index contributed by atoms with van der Waals surface area (Å²) in [4.78, 5) is 29.8. The summed E-state index contributed by atoms with van der Waals surface area (Å²) in [5.74, 6) is 0.264. The normalized spacial score (nSPS) is 15.6. The Balaban J connectivity index is 1.43. The van der Waals surface area contributed by atoms with Crippen molar-refractivity contribution < 1.29 is 9.72 Å². The molecule has 1 saturated heterocycles. The van der Waals surface area contributed by atoms with E-state index in [1.165, 1.54) is 10.8 Å². The Bertz CT molecular complexity index is 908. The zero-order valence-electron chi connectivity index (χ0n) is 13.3. The van der Waals surface area contributed by atoms with Gasteiger partial charge in [0.05, 0.1) is 25.0 Å². The number of hydrogen-bond acceptors (Lipinski definition) is 6. The Morgan fingerprint density at radius 2 is 1.92 bits per heavy atom. The van der Waals surface area contributed by atoms with Crippen molar-refractivity contribution in [2.24, 2.45) is 0 Å². The molecule has 1 aliphatic rings. The predicted octanol–water partition coefficient (Wildman–Crippen LogP) is 4.29. The first kappa shape index (κ1) is 16.2. The minimum absolute atomic E-state index is 0.00714. The molecular formula is C17H15N3O3S2. The van der Waals surface area contributed by atoms with E-state index < -0.39 is 4.92 Å². The molecule has 0 unspecified atom stereocenters. The van der Waals surface area contributed by atoms with Gasteiger partial charge >= 0.3 is 5.00 Å². The van der Waals surface area contributed by atoms with Crippen LogP contribution in [0.25, 0.3) is 10.2 Å². The first-order valence-electron chi connectivity index (χ1n) is 8.01. The molecule has 128 valence electrons. The van der Waals surface area contributed by atoms with Gasteiger partial charge in [-0.2, -0.15) is 0 Å². The minimum atomic E-state index is -0.458. The SMILES string of the molecule is O=C(c1ccc([N+](=O)[O-])s1)N1CCC(c2nc3ccccc3s2)CC1. The van der Waals surface area contributed by atoms with Crippen LogP contribution in [-0.4, -0.2) is 33.8 Å². The number of benzene rings is 1. The van der Waals surface area contributed by atoms with Gasteiger partial charge in [-0.25, -0.2) is 4.98 Å². The molecule has 25 heavy (non-hydrogen) atoms. The number of nitro groups is 1. The number of thiazole rings is 1. The maximum atomic E-state index is 12.5. The predicted molar refractivity (Wildman–Crippen MR) is 98.5 cm³/mol. The van der Waals surface area contributed by atoms with Gasteiger partial charge in [-0.05, 0) is 31.0 Å². The number of rotatable bonds is 3. The number of carbonyl (C=O) groups is 1. The number of carbonyl (C=O) groups excluding carboxylic acids is 1. The lowest BCUT2D eigenvalue weighted by Gasteiger charge is -2.30. The largest absolute Gasteiger partial charge is 0.338 e. The third-order valence-corrected chi connectivity index (χ3v) is 6.65. The van der Waals surface area contributed by atoms with Gasteiger partial charge in [-0.3, -0.25) is 14.9 Å². The van der Waals surface area contributed by atoms with Crippen LogP contribution in [0.4, 0.5) is 5.00 Å². The number of aromatic nitrogens is 1. The lowest BCUT2D eigenvalue weighted by Crippen LogP contribution is -2.37. The van der Waals surface area contributed by atoms with E-state index in [-0.39, 0.29) is 10.9 Å². The van der Waals surface area contributed by atoms with Gasteiger partial charge in [0.15, 0.2) is 0 Å². The second kappa shape index (κ2) is 6.53. The molecule has 0 spiro atoms. The number of likely N-dealkylation sites (tertiary alicyclic amines) is 1. The lowest BCUT2D eigenvalue weighted by atomic mass is 9.97. The summed E-state index contributed by atoms with van der Waals surface area (Å²) in [6, 6.07) is 11.1. The molecule has 1 aliphatic heterocycles. The maximum Gasteiger partial charge on any atom is 0.324 e. The highest BCUT2D eigenvalue weighted by Crippen LogP contribution is 2.34. The Morgan fingerprint density at radius 3 is 2.60 bits per heavy atom. The molecular weight excluding hydrogens is 358 g/mol. The van der Waals surface area contributed by atoms with Gasteiger partial charge in [0, 0.05) is 25.1 Å². The van der Waals surface area contributed by atoms with Crippen LogP contribution in [0.1, 0.15) is 33.4 Å². The number of hydrogen-bond donors (Lipinski definition) is 0. The second-order valence-electron chi connectivity index (χ2n) is 5.98. The monoisotopic (exact) mass is 373 g/mol. The Hall–Kier alpha value is -2.32. The summed E-state index contributed by atoms with van der Waals surface area (Å²) >= 11 is 2.67. The molecule has 0 N–H and O–H groups in total. The van der Waals surface area contributed by atoms with Crippen molar-refractivity contribution in [2.45, 2.75) is 18.8 Å². The summed E-state index contributed by atoms with van der Waals surface area (Å²) in [7, 11) is 0. The van der Waals surface area contributed by atoms with Crippen molar-refractivity contribution in [3.8, 4) is 0 Å². The molecule has 3 heterocycles. The topological polar surface area (TPSA) is 76.3 Å². The molecule has 0 saturated carbocycles. The number of nitrogens with zero attached hydrogens (tertiary/aromatic N) is 3. The third-order valence-electron chi connectivity index (χ3n) is 4.42. The molecule has 8 heteroatoms. The summed E-state index contributed by atoms with van der Waals surface area (Å²) < 4.78 is 1.20. The van der Waals surface area contributed by atoms with E-state index in [1.807, 2.05) is 18.2 Å². The molecule has 1 fully saturated rings. The number of amides is 1. The zero-order chi connectivity index (χ0) is 17.4. The van der Waals surface area contributed by atoms with E-state index in [9.17, 15) is 14.9 Å².